The number of hydrogen-bond acceptors (Lipinski definition) is 2. The minimum absolute atomic E-state index is 0.156. The highest BCUT2D eigenvalue weighted by Gasteiger charge is 2.73. The van der Waals surface area contributed by atoms with Crippen molar-refractivity contribution in [2.45, 2.75) is 58.1 Å². The molecule has 1 aliphatic heterocycles. The third kappa shape index (κ3) is 3.97. The van der Waals surface area contributed by atoms with Crippen LogP contribution >= 0.6 is 0 Å². The van der Waals surface area contributed by atoms with E-state index in [1.807, 2.05) is 13.0 Å². The van der Waals surface area contributed by atoms with Gasteiger partial charge in [0.1, 0.15) is 5.83 Å². The maximum Gasteiger partial charge on any atom is 0.418 e. The highest BCUT2D eigenvalue weighted by Crippen LogP contribution is 2.59. The van der Waals surface area contributed by atoms with Gasteiger partial charge in [0.25, 0.3) is 0 Å². The van der Waals surface area contributed by atoms with Crippen LogP contribution in [0.3, 0.4) is 0 Å². The molecule has 0 N–H and O–H groups in total. The Balaban J connectivity index is 2.44. The summed E-state index contributed by atoms with van der Waals surface area (Å²) in [5.74, 6) is -2.56. The number of alkyl halides is 3. The Morgan fingerprint density at radius 3 is 2.26 bits per heavy atom. The lowest BCUT2D eigenvalue weighted by atomic mass is 9.93. The first-order valence-electron chi connectivity index (χ1n) is 8.93. The summed E-state index contributed by atoms with van der Waals surface area (Å²) in [5, 5.41) is 0. The lowest BCUT2D eigenvalue weighted by Crippen LogP contribution is -2.30. The third-order valence-electron chi connectivity index (χ3n) is 4.99. The van der Waals surface area contributed by atoms with E-state index in [9.17, 15) is 17.6 Å². The second-order valence-corrected chi connectivity index (χ2v) is 7.14. The van der Waals surface area contributed by atoms with Crippen LogP contribution in [0.4, 0.5) is 17.6 Å². The van der Waals surface area contributed by atoms with Crippen LogP contribution in [0, 0.1) is 5.92 Å². The highest BCUT2D eigenvalue weighted by atomic mass is 19.4. The lowest BCUT2D eigenvalue weighted by molar-refractivity contribution is -0.0908. The van der Waals surface area contributed by atoms with Crippen molar-refractivity contribution in [3.8, 4) is 0 Å². The van der Waals surface area contributed by atoms with E-state index < -0.39 is 29.0 Å². The molecule has 1 heterocycles. The highest BCUT2D eigenvalue weighted by molar-refractivity contribution is 5.44. The van der Waals surface area contributed by atoms with Crippen molar-refractivity contribution < 1.29 is 27.0 Å². The zero-order valence-electron chi connectivity index (χ0n) is 16.2. The maximum atomic E-state index is 14.8. The van der Waals surface area contributed by atoms with Gasteiger partial charge in [0.2, 0.25) is 5.79 Å². The van der Waals surface area contributed by atoms with Gasteiger partial charge in [0.15, 0.2) is 5.60 Å². The second kappa shape index (κ2) is 7.40. The van der Waals surface area contributed by atoms with Gasteiger partial charge >= 0.3 is 6.18 Å². The van der Waals surface area contributed by atoms with E-state index in [-0.39, 0.29) is 6.61 Å². The van der Waals surface area contributed by atoms with E-state index in [2.05, 4.69) is 13.2 Å². The van der Waals surface area contributed by atoms with Gasteiger partial charge in [-0.05, 0) is 57.6 Å². The largest absolute Gasteiger partial charge is 0.418 e. The summed E-state index contributed by atoms with van der Waals surface area (Å²) in [4.78, 5) is 0. The van der Waals surface area contributed by atoms with Gasteiger partial charge in [-0.3, -0.25) is 0 Å². The molecule has 0 aromatic heterocycles. The fraction of sp³-hybridized carbons (Fsp3) is 0.524. The third-order valence-corrected chi connectivity index (χ3v) is 4.99. The van der Waals surface area contributed by atoms with Crippen molar-refractivity contribution in [3.05, 3.63) is 59.5 Å². The standard InChI is InChI=1S/C21H26F4O2/c1-7-17(21(23,24)25)18(22)19(6)20(27-19,26-8-2)14(5)9-12-16(13(3)4)15-10-11-15/h7,9,12,15H,1,3,8,10-11H2,2,4-6H3/b14-9-,16-12+,18-17-/t19?,20-/m1/s1. The molecule has 2 nitrogen and oxygen atoms in total. The Morgan fingerprint density at radius 2 is 1.85 bits per heavy atom. The molecule has 2 atom stereocenters. The molecular weight excluding hydrogens is 360 g/mol. The van der Waals surface area contributed by atoms with E-state index in [1.165, 1.54) is 6.92 Å². The minimum Gasteiger partial charge on any atom is -0.344 e. The molecule has 0 aromatic rings. The molecule has 1 unspecified atom stereocenters. The van der Waals surface area contributed by atoms with Crippen LogP contribution in [-0.2, 0) is 9.47 Å². The van der Waals surface area contributed by atoms with Gasteiger partial charge in [-0.1, -0.05) is 37.0 Å². The molecule has 1 aliphatic carbocycles. The van der Waals surface area contributed by atoms with E-state index in [0.717, 1.165) is 24.0 Å². The molecule has 0 amide bonds. The molecule has 0 spiro atoms. The summed E-state index contributed by atoms with van der Waals surface area (Å²) in [6, 6.07) is 0. The summed E-state index contributed by atoms with van der Waals surface area (Å²) in [6.07, 6.45) is 1.36. The van der Waals surface area contributed by atoms with Gasteiger partial charge in [0, 0.05) is 6.61 Å². The molecule has 2 aliphatic rings. The predicted octanol–water partition coefficient (Wildman–Crippen LogP) is 6.34. The van der Waals surface area contributed by atoms with Crippen molar-refractivity contribution in [1.29, 1.82) is 0 Å². The van der Waals surface area contributed by atoms with Crippen molar-refractivity contribution in [1.82, 2.24) is 0 Å². The second-order valence-electron chi connectivity index (χ2n) is 7.14. The zero-order valence-corrected chi connectivity index (χ0v) is 16.2. The van der Waals surface area contributed by atoms with Crippen LogP contribution in [0.1, 0.15) is 40.5 Å². The van der Waals surface area contributed by atoms with Gasteiger partial charge in [-0.15, -0.1) is 0 Å². The van der Waals surface area contributed by atoms with Crippen molar-refractivity contribution >= 4 is 0 Å². The number of halogens is 4. The van der Waals surface area contributed by atoms with Gasteiger partial charge in [-0.2, -0.15) is 13.2 Å². The maximum absolute atomic E-state index is 14.8. The Morgan fingerprint density at radius 1 is 1.26 bits per heavy atom. The van der Waals surface area contributed by atoms with Crippen molar-refractivity contribution in [3.63, 3.8) is 0 Å². The summed E-state index contributed by atoms with van der Waals surface area (Å²) in [7, 11) is 0. The SMILES string of the molecule is C=C/C(=C(/F)C1(C)O[C@]1(OCC)/C(C)=C\C=C(/C(=C)C)C1CC1)C(F)(F)F. The number of allylic oxidation sites excluding steroid dienone is 6. The first kappa shape index (κ1) is 21.6. The Kier molecular flexibility index (Phi) is 5.93. The quantitative estimate of drug-likeness (QED) is 0.276. The van der Waals surface area contributed by atoms with Crippen LogP contribution in [0.25, 0.3) is 0 Å². The fourth-order valence-electron chi connectivity index (χ4n) is 3.32. The van der Waals surface area contributed by atoms with Crippen LogP contribution in [-0.4, -0.2) is 24.2 Å². The van der Waals surface area contributed by atoms with Crippen molar-refractivity contribution in [2.75, 3.05) is 6.61 Å². The molecular formula is C21H26F4O2. The number of rotatable bonds is 8. The number of epoxide rings is 1. The number of hydrogen-bond donors (Lipinski definition) is 0. The van der Waals surface area contributed by atoms with Gasteiger partial charge in [-0.25, -0.2) is 4.39 Å². The monoisotopic (exact) mass is 386 g/mol. The van der Waals surface area contributed by atoms with E-state index >= 15 is 0 Å². The van der Waals surface area contributed by atoms with Crippen LogP contribution in [0.15, 0.2) is 59.5 Å². The Labute approximate surface area is 157 Å². The summed E-state index contributed by atoms with van der Waals surface area (Å²) in [6.45, 7) is 13.7. The zero-order chi connectivity index (χ0) is 20.6. The van der Waals surface area contributed by atoms with Crippen LogP contribution < -0.4 is 0 Å². The lowest BCUT2D eigenvalue weighted by Gasteiger charge is -2.19. The van der Waals surface area contributed by atoms with E-state index in [4.69, 9.17) is 9.47 Å². The van der Waals surface area contributed by atoms with E-state index in [0.29, 0.717) is 17.6 Å². The summed E-state index contributed by atoms with van der Waals surface area (Å²) < 4.78 is 65.2. The van der Waals surface area contributed by atoms with Crippen molar-refractivity contribution in [2.24, 2.45) is 5.92 Å². The van der Waals surface area contributed by atoms with Gasteiger partial charge in [0.05, 0.1) is 5.57 Å². The first-order chi connectivity index (χ1) is 12.4. The smallest absolute Gasteiger partial charge is 0.344 e. The fourth-order valence-corrected chi connectivity index (χ4v) is 3.32. The summed E-state index contributed by atoms with van der Waals surface area (Å²) in [5.41, 5.74) is -0.799. The topological polar surface area (TPSA) is 21.8 Å². The predicted molar refractivity (Wildman–Crippen MR) is 97.6 cm³/mol. The molecule has 6 heteroatoms. The van der Waals surface area contributed by atoms with Crippen LogP contribution in [0.5, 0.6) is 0 Å². The number of ether oxygens (including phenoxy) is 2. The molecule has 0 bridgehead atoms. The molecule has 2 rings (SSSR count). The molecule has 1 saturated carbocycles. The molecule has 2 fully saturated rings. The molecule has 150 valence electrons. The average molecular weight is 386 g/mol. The molecule has 27 heavy (non-hydrogen) atoms. The molecule has 0 radical (unpaired) electrons. The van der Waals surface area contributed by atoms with Crippen LogP contribution in [0.2, 0.25) is 0 Å². The van der Waals surface area contributed by atoms with Gasteiger partial charge < -0.3 is 9.47 Å². The Bertz CT molecular complexity index is 725. The molecule has 0 aromatic carbocycles. The minimum atomic E-state index is -4.87. The average Bonchev–Trinajstić information content (AvgIpc) is 3.45. The normalized spacial score (nSPS) is 30.1. The Hall–Kier alpha value is -1.66. The first-order valence-corrected chi connectivity index (χ1v) is 8.93. The van der Waals surface area contributed by atoms with E-state index in [1.54, 1.807) is 19.9 Å². The molecule has 1 saturated heterocycles. The summed E-state index contributed by atoms with van der Waals surface area (Å²) >= 11 is 0.